The molecule has 2 aromatic rings. The summed E-state index contributed by atoms with van der Waals surface area (Å²) in [6, 6.07) is 12.6. The van der Waals surface area contributed by atoms with Gasteiger partial charge in [-0.25, -0.2) is 9.38 Å². The van der Waals surface area contributed by atoms with E-state index in [0.717, 1.165) is 30.0 Å². The summed E-state index contributed by atoms with van der Waals surface area (Å²) in [6.45, 7) is 4.03. The zero-order valence-corrected chi connectivity index (χ0v) is 17.0. The molecule has 0 fully saturated rings. The van der Waals surface area contributed by atoms with Crippen molar-refractivity contribution >= 4 is 29.9 Å². The molecule has 0 aromatic heterocycles. The molecule has 0 saturated heterocycles. The van der Waals surface area contributed by atoms with E-state index in [4.69, 9.17) is 9.47 Å². The number of nitrogens with one attached hydrogen (secondary N) is 2. The van der Waals surface area contributed by atoms with Crippen LogP contribution in [0.1, 0.15) is 18.1 Å². The van der Waals surface area contributed by atoms with Gasteiger partial charge in [0.1, 0.15) is 5.82 Å². The topological polar surface area (TPSA) is 54.9 Å². The fourth-order valence-electron chi connectivity index (χ4n) is 2.55. The highest BCUT2D eigenvalue weighted by atomic mass is 127. The number of benzene rings is 2. The van der Waals surface area contributed by atoms with Gasteiger partial charge in [-0.15, -0.1) is 24.0 Å². The third kappa shape index (κ3) is 5.48. The summed E-state index contributed by atoms with van der Waals surface area (Å²) in [7, 11) is 0. The van der Waals surface area contributed by atoms with Gasteiger partial charge in [0.2, 0.25) is 6.79 Å². The number of fused-ring (bicyclic) bond motifs is 1. The maximum atomic E-state index is 13.7. The van der Waals surface area contributed by atoms with Crippen LogP contribution in [0.25, 0.3) is 0 Å². The molecule has 3 rings (SSSR count). The average Bonchev–Trinajstić information content (AvgIpc) is 3.08. The summed E-state index contributed by atoms with van der Waals surface area (Å²) < 4.78 is 24.4. The number of nitrogens with zero attached hydrogens (tertiary/aromatic N) is 1. The van der Waals surface area contributed by atoms with Crippen molar-refractivity contribution in [2.24, 2.45) is 4.99 Å². The molecule has 26 heavy (non-hydrogen) atoms. The van der Waals surface area contributed by atoms with Crippen molar-refractivity contribution < 1.29 is 13.9 Å². The van der Waals surface area contributed by atoms with Gasteiger partial charge in [-0.2, -0.15) is 0 Å². The zero-order valence-electron chi connectivity index (χ0n) is 14.6. The van der Waals surface area contributed by atoms with Gasteiger partial charge in [-0.3, -0.25) is 0 Å². The fraction of sp³-hybridized carbons (Fsp3) is 0.316. The maximum absolute atomic E-state index is 13.7. The third-order valence-electron chi connectivity index (χ3n) is 3.85. The Kier molecular flexibility index (Phi) is 7.96. The molecule has 0 atom stereocenters. The van der Waals surface area contributed by atoms with Crippen LogP contribution in [0.5, 0.6) is 11.5 Å². The summed E-state index contributed by atoms with van der Waals surface area (Å²) in [4.78, 5) is 4.44. The quantitative estimate of drug-likeness (QED) is 0.385. The second-order valence-electron chi connectivity index (χ2n) is 5.65. The van der Waals surface area contributed by atoms with Crippen LogP contribution in [0.15, 0.2) is 47.5 Å². The van der Waals surface area contributed by atoms with Crippen LogP contribution in [-0.2, 0) is 13.0 Å². The average molecular weight is 471 g/mol. The molecule has 0 saturated carbocycles. The summed E-state index contributed by atoms with van der Waals surface area (Å²) in [6.07, 6.45) is 0.820. The Bertz CT molecular complexity index is 755. The van der Waals surface area contributed by atoms with Crippen LogP contribution < -0.4 is 20.1 Å². The van der Waals surface area contributed by atoms with Crippen molar-refractivity contribution in [2.75, 3.05) is 19.9 Å². The first-order valence-electron chi connectivity index (χ1n) is 8.40. The van der Waals surface area contributed by atoms with E-state index in [1.165, 1.54) is 6.07 Å². The first-order chi connectivity index (χ1) is 12.3. The molecule has 0 bridgehead atoms. The standard InChI is InChI=1S/C19H22FN3O2.HI/c1-2-21-19(23-12-15-5-3-4-6-16(15)20)22-10-9-14-7-8-17-18(11-14)25-13-24-17;/h3-8,11H,2,9-10,12-13H2,1H3,(H2,21,22,23);1H. The van der Waals surface area contributed by atoms with E-state index in [2.05, 4.69) is 15.6 Å². The minimum absolute atomic E-state index is 0. The summed E-state index contributed by atoms with van der Waals surface area (Å²) >= 11 is 0. The molecule has 0 amide bonds. The fourth-order valence-corrected chi connectivity index (χ4v) is 2.55. The number of ether oxygens (including phenoxy) is 2. The summed E-state index contributed by atoms with van der Waals surface area (Å²) in [5, 5.41) is 6.44. The van der Waals surface area contributed by atoms with Gasteiger partial charge in [-0.1, -0.05) is 24.3 Å². The molecule has 1 aliphatic heterocycles. The molecule has 0 spiro atoms. The normalized spacial score (nSPS) is 12.5. The van der Waals surface area contributed by atoms with Crippen LogP contribution in [0, 0.1) is 5.82 Å². The largest absolute Gasteiger partial charge is 0.454 e. The minimum Gasteiger partial charge on any atom is -0.454 e. The molecule has 7 heteroatoms. The van der Waals surface area contributed by atoms with E-state index in [1.807, 2.05) is 31.2 Å². The third-order valence-corrected chi connectivity index (χ3v) is 3.85. The van der Waals surface area contributed by atoms with Gasteiger partial charge in [-0.05, 0) is 37.1 Å². The van der Waals surface area contributed by atoms with Crippen LogP contribution in [0.2, 0.25) is 0 Å². The van der Waals surface area contributed by atoms with Crippen LogP contribution in [0.3, 0.4) is 0 Å². The number of halogens is 2. The highest BCUT2D eigenvalue weighted by Gasteiger charge is 2.12. The van der Waals surface area contributed by atoms with E-state index in [-0.39, 0.29) is 36.6 Å². The lowest BCUT2D eigenvalue weighted by molar-refractivity contribution is 0.174. The Morgan fingerprint density at radius 1 is 1.12 bits per heavy atom. The number of aliphatic imine (C=N–C) groups is 1. The van der Waals surface area contributed by atoms with E-state index in [0.29, 0.717) is 24.6 Å². The lowest BCUT2D eigenvalue weighted by atomic mass is 10.1. The first-order valence-corrected chi connectivity index (χ1v) is 8.40. The summed E-state index contributed by atoms with van der Waals surface area (Å²) in [5.41, 5.74) is 1.73. The first kappa shape index (κ1) is 20.3. The Labute approximate surface area is 170 Å². The van der Waals surface area contributed by atoms with E-state index in [1.54, 1.807) is 12.1 Å². The van der Waals surface area contributed by atoms with Gasteiger partial charge in [0.05, 0.1) is 6.54 Å². The van der Waals surface area contributed by atoms with Crippen LogP contribution in [0.4, 0.5) is 4.39 Å². The van der Waals surface area contributed by atoms with Gasteiger partial charge in [0.25, 0.3) is 0 Å². The lowest BCUT2D eigenvalue weighted by Crippen LogP contribution is -2.38. The minimum atomic E-state index is -0.234. The Balaban J connectivity index is 0.00000243. The van der Waals surface area contributed by atoms with E-state index in [9.17, 15) is 4.39 Å². The van der Waals surface area contributed by atoms with Crippen LogP contribution in [-0.4, -0.2) is 25.8 Å². The second-order valence-corrected chi connectivity index (χ2v) is 5.65. The van der Waals surface area contributed by atoms with Gasteiger partial charge < -0.3 is 20.1 Å². The number of hydrogen-bond donors (Lipinski definition) is 2. The summed E-state index contributed by atoms with van der Waals surface area (Å²) in [5.74, 6) is 2.02. The molecular weight excluding hydrogens is 448 g/mol. The molecule has 1 heterocycles. The monoisotopic (exact) mass is 471 g/mol. The number of rotatable bonds is 6. The van der Waals surface area contributed by atoms with Crippen molar-refractivity contribution in [3.63, 3.8) is 0 Å². The van der Waals surface area contributed by atoms with Crippen molar-refractivity contribution in [2.45, 2.75) is 19.9 Å². The van der Waals surface area contributed by atoms with Crippen LogP contribution >= 0.6 is 24.0 Å². The van der Waals surface area contributed by atoms with E-state index >= 15 is 0 Å². The highest BCUT2D eigenvalue weighted by Crippen LogP contribution is 2.32. The number of hydrogen-bond acceptors (Lipinski definition) is 3. The molecule has 2 N–H and O–H groups in total. The Hall–Kier alpha value is -2.03. The molecular formula is C19H23FIN3O2. The van der Waals surface area contributed by atoms with Gasteiger partial charge >= 0.3 is 0 Å². The molecule has 5 nitrogen and oxygen atoms in total. The van der Waals surface area contributed by atoms with Crippen molar-refractivity contribution in [1.29, 1.82) is 0 Å². The predicted octanol–water partition coefficient (Wildman–Crippen LogP) is 3.47. The number of guanidine groups is 1. The van der Waals surface area contributed by atoms with E-state index < -0.39 is 0 Å². The van der Waals surface area contributed by atoms with Gasteiger partial charge in [0, 0.05) is 18.7 Å². The lowest BCUT2D eigenvalue weighted by Gasteiger charge is -2.11. The maximum Gasteiger partial charge on any atom is 0.231 e. The molecule has 0 radical (unpaired) electrons. The van der Waals surface area contributed by atoms with Crippen molar-refractivity contribution in [3.8, 4) is 11.5 Å². The molecule has 0 unspecified atom stereocenters. The second kappa shape index (κ2) is 10.2. The molecule has 1 aliphatic rings. The van der Waals surface area contributed by atoms with Crippen molar-refractivity contribution in [3.05, 3.63) is 59.4 Å². The Morgan fingerprint density at radius 3 is 2.73 bits per heavy atom. The SMILES string of the molecule is CCNC(=NCc1ccccc1F)NCCc1ccc2c(c1)OCO2.I. The molecule has 140 valence electrons. The van der Waals surface area contributed by atoms with Crippen molar-refractivity contribution in [1.82, 2.24) is 10.6 Å². The highest BCUT2D eigenvalue weighted by molar-refractivity contribution is 14.0. The Morgan fingerprint density at radius 2 is 1.92 bits per heavy atom. The predicted molar refractivity (Wildman–Crippen MR) is 111 cm³/mol. The molecule has 2 aromatic carbocycles. The van der Waals surface area contributed by atoms with Gasteiger partial charge in [0.15, 0.2) is 17.5 Å². The zero-order chi connectivity index (χ0) is 17.5. The molecule has 0 aliphatic carbocycles. The smallest absolute Gasteiger partial charge is 0.231 e.